The molecule has 0 saturated heterocycles. The summed E-state index contributed by atoms with van der Waals surface area (Å²) in [6.45, 7) is 1.53. The molecule has 0 aliphatic heterocycles. The number of rotatable bonds is 3. The minimum Gasteiger partial charge on any atom is -0.408 e. The molecule has 19 heavy (non-hydrogen) atoms. The van der Waals surface area contributed by atoms with E-state index in [9.17, 15) is 8.42 Å². The molecule has 3 N–H and O–H groups in total. The number of nitrogen functional groups attached to an aromatic ring is 1. The lowest BCUT2D eigenvalue weighted by atomic mass is 10.2. The van der Waals surface area contributed by atoms with Gasteiger partial charge in [0.2, 0.25) is 5.89 Å². The Kier molecular flexibility index (Phi) is 3.10. The first-order valence-corrected chi connectivity index (χ1v) is 6.53. The topological polar surface area (TPSA) is 135 Å². The van der Waals surface area contributed by atoms with E-state index in [0.717, 1.165) is 0 Å². The standard InChI is InChI=1S/C10H9N5O3S/c1-6-13-14-10(18-6)15-19(16,17)9-3-2-7(5-11)4-8(9)12/h2-4H,12H2,1H3,(H,14,15). The Morgan fingerprint density at radius 2 is 2.16 bits per heavy atom. The van der Waals surface area contributed by atoms with Crippen LogP contribution in [0.4, 0.5) is 11.7 Å². The van der Waals surface area contributed by atoms with Crippen molar-refractivity contribution in [3.63, 3.8) is 0 Å². The SMILES string of the molecule is Cc1nnc(NS(=O)(=O)c2ccc(C#N)cc2N)o1. The summed E-state index contributed by atoms with van der Waals surface area (Å²) in [4.78, 5) is -0.164. The summed E-state index contributed by atoms with van der Waals surface area (Å²) in [6, 6.07) is 5.47. The third kappa shape index (κ3) is 2.63. The number of sulfonamides is 1. The van der Waals surface area contributed by atoms with E-state index in [2.05, 4.69) is 14.9 Å². The first-order valence-electron chi connectivity index (χ1n) is 5.05. The molecule has 0 saturated carbocycles. The first kappa shape index (κ1) is 12.8. The predicted molar refractivity (Wildman–Crippen MR) is 65.4 cm³/mol. The number of aromatic nitrogens is 2. The molecule has 2 rings (SSSR count). The second-order valence-corrected chi connectivity index (χ2v) is 5.25. The van der Waals surface area contributed by atoms with Crippen LogP contribution < -0.4 is 10.5 Å². The van der Waals surface area contributed by atoms with E-state index in [1.54, 1.807) is 0 Å². The van der Waals surface area contributed by atoms with Crippen molar-refractivity contribution in [2.45, 2.75) is 11.8 Å². The van der Waals surface area contributed by atoms with Crippen LogP contribution in [0.15, 0.2) is 27.5 Å². The van der Waals surface area contributed by atoms with Crippen LogP contribution in [0.2, 0.25) is 0 Å². The Morgan fingerprint density at radius 1 is 1.42 bits per heavy atom. The van der Waals surface area contributed by atoms with Gasteiger partial charge < -0.3 is 10.2 Å². The molecule has 0 bridgehead atoms. The first-order chi connectivity index (χ1) is 8.92. The minimum atomic E-state index is -3.94. The van der Waals surface area contributed by atoms with E-state index < -0.39 is 10.0 Å². The van der Waals surface area contributed by atoms with Crippen molar-refractivity contribution in [2.24, 2.45) is 0 Å². The number of hydrogen-bond donors (Lipinski definition) is 2. The van der Waals surface area contributed by atoms with Crippen LogP contribution in [0.25, 0.3) is 0 Å². The van der Waals surface area contributed by atoms with Crippen LogP contribution in [0, 0.1) is 18.3 Å². The van der Waals surface area contributed by atoms with E-state index in [1.165, 1.54) is 25.1 Å². The van der Waals surface area contributed by atoms with Gasteiger partial charge in [-0.2, -0.15) is 5.26 Å². The normalized spacial score (nSPS) is 10.9. The maximum atomic E-state index is 12.0. The van der Waals surface area contributed by atoms with E-state index in [0.29, 0.717) is 0 Å². The fourth-order valence-electron chi connectivity index (χ4n) is 1.37. The van der Waals surface area contributed by atoms with Crippen LogP contribution >= 0.6 is 0 Å². The van der Waals surface area contributed by atoms with Crippen molar-refractivity contribution in [2.75, 3.05) is 10.5 Å². The van der Waals surface area contributed by atoms with Crippen LogP contribution in [-0.2, 0) is 10.0 Å². The summed E-state index contributed by atoms with van der Waals surface area (Å²) in [5, 5.41) is 15.7. The number of aryl methyl sites for hydroxylation is 1. The van der Waals surface area contributed by atoms with E-state index in [4.69, 9.17) is 15.4 Å². The van der Waals surface area contributed by atoms with Gasteiger partial charge in [-0.3, -0.25) is 0 Å². The van der Waals surface area contributed by atoms with Gasteiger partial charge in [-0.05, 0) is 18.2 Å². The second kappa shape index (κ2) is 4.58. The van der Waals surface area contributed by atoms with Crippen molar-refractivity contribution in [3.8, 4) is 6.07 Å². The summed E-state index contributed by atoms with van der Waals surface area (Å²) < 4.78 is 31.1. The summed E-state index contributed by atoms with van der Waals surface area (Å²) >= 11 is 0. The maximum Gasteiger partial charge on any atom is 0.329 e. The molecule has 0 amide bonds. The van der Waals surface area contributed by atoms with Crippen molar-refractivity contribution in [1.29, 1.82) is 5.26 Å². The summed E-state index contributed by atoms with van der Waals surface area (Å²) in [7, 11) is -3.94. The quantitative estimate of drug-likeness (QED) is 0.786. The highest BCUT2D eigenvalue weighted by molar-refractivity contribution is 7.92. The molecule has 0 spiro atoms. The minimum absolute atomic E-state index is 0.0391. The molecule has 0 fully saturated rings. The molecular formula is C10H9N5O3S. The van der Waals surface area contributed by atoms with Crippen LogP contribution in [0.3, 0.4) is 0 Å². The predicted octanol–water partition coefficient (Wildman–Crippen LogP) is 0.633. The van der Waals surface area contributed by atoms with Gasteiger partial charge in [0.25, 0.3) is 10.0 Å². The van der Waals surface area contributed by atoms with Crippen LogP contribution in [0.1, 0.15) is 11.5 Å². The van der Waals surface area contributed by atoms with Gasteiger partial charge in [-0.25, -0.2) is 13.1 Å². The lowest BCUT2D eigenvalue weighted by Gasteiger charge is -2.07. The third-order valence-electron chi connectivity index (χ3n) is 2.18. The van der Waals surface area contributed by atoms with E-state index in [1.807, 2.05) is 6.07 Å². The zero-order valence-corrected chi connectivity index (χ0v) is 10.6. The van der Waals surface area contributed by atoms with Crippen molar-refractivity contribution in [3.05, 3.63) is 29.7 Å². The van der Waals surface area contributed by atoms with Crippen molar-refractivity contribution >= 4 is 21.7 Å². The van der Waals surface area contributed by atoms with Gasteiger partial charge in [0, 0.05) is 6.92 Å². The third-order valence-corrected chi connectivity index (χ3v) is 3.57. The number of nitriles is 1. The monoisotopic (exact) mass is 279 g/mol. The molecule has 0 unspecified atom stereocenters. The summed E-state index contributed by atoms with van der Waals surface area (Å²) in [6.07, 6.45) is 0. The Morgan fingerprint density at radius 3 is 2.68 bits per heavy atom. The molecule has 9 heteroatoms. The van der Waals surface area contributed by atoms with Gasteiger partial charge in [0.1, 0.15) is 4.90 Å². The highest BCUT2D eigenvalue weighted by Gasteiger charge is 2.20. The van der Waals surface area contributed by atoms with Gasteiger partial charge in [0.15, 0.2) is 0 Å². The van der Waals surface area contributed by atoms with Crippen LogP contribution in [0.5, 0.6) is 0 Å². The average Bonchev–Trinajstić information content (AvgIpc) is 2.73. The Hall–Kier alpha value is -2.60. The average molecular weight is 279 g/mol. The van der Waals surface area contributed by atoms with Crippen molar-refractivity contribution < 1.29 is 12.8 Å². The molecule has 0 aliphatic rings. The molecular weight excluding hydrogens is 270 g/mol. The number of nitrogens with two attached hydrogens (primary N) is 1. The molecule has 1 aromatic heterocycles. The summed E-state index contributed by atoms with van der Waals surface area (Å²) in [5.41, 5.74) is 5.83. The van der Waals surface area contributed by atoms with Crippen LogP contribution in [-0.4, -0.2) is 18.6 Å². The van der Waals surface area contributed by atoms with Gasteiger partial charge in [0.05, 0.1) is 17.3 Å². The van der Waals surface area contributed by atoms with Gasteiger partial charge >= 0.3 is 6.01 Å². The molecule has 98 valence electrons. The molecule has 1 heterocycles. The number of anilines is 2. The zero-order chi connectivity index (χ0) is 14.0. The lowest BCUT2D eigenvalue weighted by molar-refractivity contribution is 0.534. The summed E-state index contributed by atoms with van der Waals surface area (Å²) in [5.74, 6) is 0.227. The Labute approximate surface area is 108 Å². The molecule has 0 aliphatic carbocycles. The fourth-order valence-corrected chi connectivity index (χ4v) is 2.41. The van der Waals surface area contributed by atoms with Crippen molar-refractivity contribution in [1.82, 2.24) is 10.2 Å². The largest absolute Gasteiger partial charge is 0.408 e. The molecule has 8 nitrogen and oxygen atoms in total. The molecule has 2 aromatic rings. The zero-order valence-electron chi connectivity index (χ0n) is 9.78. The van der Waals surface area contributed by atoms with Gasteiger partial charge in [-0.15, -0.1) is 5.10 Å². The lowest BCUT2D eigenvalue weighted by Crippen LogP contribution is -2.15. The smallest absolute Gasteiger partial charge is 0.329 e. The van der Waals surface area contributed by atoms with E-state index in [-0.39, 0.29) is 28.1 Å². The Balaban J connectivity index is 2.37. The maximum absolute atomic E-state index is 12.0. The number of benzene rings is 1. The number of nitrogens with one attached hydrogen (secondary N) is 1. The van der Waals surface area contributed by atoms with E-state index >= 15 is 0 Å². The molecule has 0 radical (unpaired) electrons. The van der Waals surface area contributed by atoms with Gasteiger partial charge in [-0.1, -0.05) is 5.10 Å². The fraction of sp³-hybridized carbons (Fsp3) is 0.100. The highest BCUT2D eigenvalue weighted by atomic mass is 32.2. The number of hydrogen-bond acceptors (Lipinski definition) is 7. The Bertz CT molecular complexity index is 760. The molecule has 0 atom stereocenters. The molecule has 1 aromatic carbocycles. The number of nitrogens with zero attached hydrogens (tertiary/aromatic N) is 3. The second-order valence-electron chi connectivity index (χ2n) is 3.60. The highest BCUT2D eigenvalue weighted by Crippen LogP contribution is 2.22.